The van der Waals surface area contributed by atoms with E-state index in [0.29, 0.717) is 5.69 Å². The van der Waals surface area contributed by atoms with Crippen LogP contribution >= 0.6 is 0 Å². The molecule has 0 radical (unpaired) electrons. The van der Waals surface area contributed by atoms with Gasteiger partial charge in [0.05, 0.1) is 0 Å². The van der Waals surface area contributed by atoms with Gasteiger partial charge in [0.25, 0.3) is 0 Å². The number of amides is 1. The van der Waals surface area contributed by atoms with Gasteiger partial charge >= 0.3 is 6.09 Å². The molecule has 0 aliphatic rings. The number of rotatable bonds is 9. The van der Waals surface area contributed by atoms with Crippen LogP contribution in [0.4, 0.5) is 16.2 Å². The number of benzene rings is 2. The van der Waals surface area contributed by atoms with Gasteiger partial charge in [-0.25, -0.2) is 4.79 Å². The van der Waals surface area contributed by atoms with E-state index in [1.807, 2.05) is 64.1 Å². The van der Waals surface area contributed by atoms with Crippen LogP contribution in [0.5, 0.6) is 0 Å². The van der Waals surface area contributed by atoms with E-state index in [2.05, 4.69) is 34.7 Å². The standard InChI is InChI=1S/C26H35N3O3/c1-6-18-27-19(3)24(30)28-22-14-10-20(11-15-22)8-9-21-12-16-23(17-13-21)29-25(31)32-26(4,5)7-2/h10-17,19,24,27-28,30H,6-7,18H2,1-5H3,(H,29,31)/t19-,24?/m0/s1. The maximum absolute atomic E-state index is 12.0. The molecule has 6 nitrogen and oxygen atoms in total. The number of carbonyl (C=O) groups excluding carboxylic acids is 1. The van der Waals surface area contributed by atoms with Crippen LogP contribution in [0.15, 0.2) is 48.5 Å². The van der Waals surface area contributed by atoms with E-state index in [4.69, 9.17) is 4.74 Å². The summed E-state index contributed by atoms with van der Waals surface area (Å²) in [4.78, 5) is 12.0. The summed E-state index contributed by atoms with van der Waals surface area (Å²) in [5, 5.41) is 19.3. The van der Waals surface area contributed by atoms with Crippen LogP contribution in [0.1, 0.15) is 58.6 Å². The summed E-state index contributed by atoms with van der Waals surface area (Å²) in [5.74, 6) is 6.24. The number of nitrogens with one attached hydrogen (secondary N) is 3. The minimum Gasteiger partial charge on any atom is -0.443 e. The summed E-state index contributed by atoms with van der Waals surface area (Å²) in [5.41, 5.74) is 2.70. The van der Waals surface area contributed by atoms with E-state index < -0.39 is 17.9 Å². The molecule has 0 bridgehead atoms. The number of ether oxygens (including phenoxy) is 1. The number of hydrogen-bond acceptors (Lipinski definition) is 5. The third kappa shape index (κ3) is 8.62. The fraction of sp³-hybridized carbons (Fsp3) is 0.423. The van der Waals surface area contributed by atoms with Gasteiger partial charge in [-0.15, -0.1) is 0 Å². The first-order valence-electron chi connectivity index (χ1n) is 11.1. The van der Waals surface area contributed by atoms with Gasteiger partial charge in [-0.2, -0.15) is 0 Å². The second-order valence-corrected chi connectivity index (χ2v) is 8.36. The molecule has 0 aliphatic heterocycles. The summed E-state index contributed by atoms with van der Waals surface area (Å²) in [6, 6.07) is 14.9. The van der Waals surface area contributed by atoms with Crippen molar-refractivity contribution in [1.82, 2.24) is 5.32 Å². The molecule has 2 aromatic carbocycles. The molecule has 0 fully saturated rings. The molecule has 2 atom stereocenters. The topological polar surface area (TPSA) is 82.6 Å². The Morgan fingerprint density at radius 3 is 2.03 bits per heavy atom. The Balaban J connectivity index is 1.91. The van der Waals surface area contributed by atoms with Crippen LogP contribution in [0, 0.1) is 11.8 Å². The van der Waals surface area contributed by atoms with E-state index in [1.54, 1.807) is 12.1 Å². The molecule has 172 valence electrons. The second kappa shape index (κ2) is 12.1. The first-order valence-corrected chi connectivity index (χ1v) is 11.1. The van der Waals surface area contributed by atoms with Gasteiger partial charge in [0.1, 0.15) is 11.8 Å². The van der Waals surface area contributed by atoms with Gasteiger partial charge in [-0.3, -0.25) is 5.32 Å². The van der Waals surface area contributed by atoms with Crippen LogP contribution in [0.3, 0.4) is 0 Å². The molecule has 0 aliphatic carbocycles. The molecule has 2 rings (SSSR count). The van der Waals surface area contributed by atoms with Crippen LogP contribution in [0.2, 0.25) is 0 Å². The minimum absolute atomic E-state index is 0.0492. The molecule has 0 saturated carbocycles. The van der Waals surface area contributed by atoms with Gasteiger partial charge in [0, 0.05) is 28.5 Å². The van der Waals surface area contributed by atoms with E-state index in [9.17, 15) is 9.90 Å². The van der Waals surface area contributed by atoms with Gasteiger partial charge in [-0.05, 0) is 88.7 Å². The Morgan fingerprint density at radius 2 is 1.53 bits per heavy atom. The zero-order valence-electron chi connectivity index (χ0n) is 19.7. The Bertz CT molecular complexity index is 912. The fourth-order valence-electron chi connectivity index (χ4n) is 2.68. The zero-order valence-corrected chi connectivity index (χ0v) is 19.7. The van der Waals surface area contributed by atoms with Crippen molar-refractivity contribution in [3.8, 4) is 11.8 Å². The van der Waals surface area contributed by atoms with Crippen LogP contribution < -0.4 is 16.0 Å². The average Bonchev–Trinajstić information content (AvgIpc) is 2.77. The summed E-state index contributed by atoms with van der Waals surface area (Å²) in [6.07, 6.45) is 0.621. The lowest BCUT2D eigenvalue weighted by Crippen LogP contribution is -2.42. The van der Waals surface area contributed by atoms with Crippen molar-refractivity contribution in [2.45, 2.75) is 65.3 Å². The molecule has 4 N–H and O–H groups in total. The van der Waals surface area contributed by atoms with Crippen molar-refractivity contribution in [1.29, 1.82) is 0 Å². The Labute approximate surface area is 191 Å². The van der Waals surface area contributed by atoms with Crippen molar-refractivity contribution in [3.05, 3.63) is 59.7 Å². The Morgan fingerprint density at radius 1 is 1.00 bits per heavy atom. The van der Waals surface area contributed by atoms with Gasteiger partial charge in [0.2, 0.25) is 0 Å². The lowest BCUT2D eigenvalue weighted by Gasteiger charge is -2.23. The quantitative estimate of drug-likeness (QED) is 0.330. The maximum atomic E-state index is 12.0. The lowest BCUT2D eigenvalue weighted by molar-refractivity contribution is 0.0462. The van der Waals surface area contributed by atoms with Crippen molar-refractivity contribution in [3.63, 3.8) is 0 Å². The largest absolute Gasteiger partial charge is 0.443 e. The fourth-order valence-corrected chi connectivity index (χ4v) is 2.68. The number of aliphatic hydroxyl groups excluding tert-OH is 1. The SMILES string of the molecule is CCCN[C@@H](C)C(O)Nc1ccc(C#Cc2ccc(NC(=O)OC(C)(C)CC)cc2)cc1. The molecular weight excluding hydrogens is 402 g/mol. The van der Waals surface area contributed by atoms with Crippen LogP contribution in [-0.2, 0) is 4.74 Å². The van der Waals surface area contributed by atoms with Crippen molar-refractivity contribution < 1.29 is 14.6 Å². The van der Waals surface area contributed by atoms with E-state index >= 15 is 0 Å². The third-order valence-corrected chi connectivity index (χ3v) is 5.09. The monoisotopic (exact) mass is 437 g/mol. The number of hydrogen-bond donors (Lipinski definition) is 4. The molecule has 0 aromatic heterocycles. The molecule has 6 heteroatoms. The highest BCUT2D eigenvalue weighted by Gasteiger charge is 2.20. The van der Waals surface area contributed by atoms with Gasteiger partial charge in [0.15, 0.2) is 0 Å². The first kappa shape index (κ1) is 25.3. The molecular formula is C26H35N3O3. The zero-order chi connectivity index (χ0) is 23.6. The van der Waals surface area contributed by atoms with Crippen molar-refractivity contribution >= 4 is 17.5 Å². The summed E-state index contributed by atoms with van der Waals surface area (Å²) >= 11 is 0. The highest BCUT2D eigenvalue weighted by molar-refractivity contribution is 5.84. The molecule has 0 spiro atoms. The van der Waals surface area contributed by atoms with E-state index in [-0.39, 0.29) is 6.04 Å². The average molecular weight is 438 g/mol. The summed E-state index contributed by atoms with van der Waals surface area (Å²) < 4.78 is 5.39. The van der Waals surface area contributed by atoms with Crippen molar-refractivity contribution in [2.75, 3.05) is 17.2 Å². The van der Waals surface area contributed by atoms with Crippen LogP contribution in [-0.4, -0.2) is 35.6 Å². The summed E-state index contributed by atoms with van der Waals surface area (Å²) in [6.45, 7) is 10.6. The van der Waals surface area contributed by atoms with E-state index in [0.717, 1.165) is 36.2 Å². The summed E-state index contributed by atoms with van der Waals surface area (Å²) in [7, 11) is 0. The van der Waals surface area contributed by atoms with Crippen molar-refractivity contribution in [2.24, 2.45) is 0 Å². The molecule has 1 unspecified atom stereocenters. The first-order chi connectivity index (χ1) is 15.2. The highest BCUT2D eigenvalue weighted by atomic mass is 16.6. The molecule has 0 heterocycles. The van der Waals surface area contributed by atoms with Gasteiger partial charge in [-0.1, -0.05) is 25.7 Å². The van der Waals surface area contributed by atoms with Gasteiger partial charge < -0.3 is 20.5 Å². The maximum Gasteiger partial charge on any atom is 0.412 e. The molecule has 0 saturated heterocycles. The predicted molar refractivity (Wildman–Crippen MR) is 131 cm³/mol. The normalized spacial score (nSPS) is 12.8. The molecule has 2 aromatic rings. The Hall–Kier alpha value is -3.01. The Kier molecular flexibility index (Phi) is 9.58. The predicted octanol–water partition coefficient (Wildman–Crippen LogP) is 4.94. The number of anilines is 2. The second-order valence-electron chi connectivity index (χ2n) is 8.36. The molecule has 32 heavy (non-hydrogen) atoms. The molecule has 1 amide bonds. The number of aliphatic hydroxyl groups is 1. The van der Waals surface area contributed by atoms with Crippen LogP contribution in [0.25, 0.3) is 0 Å². The highest BCUT2D eigenvalue weighted by Crippen LogP contribution is 2.16. The van der Waals surface area contributed by atoms with E-state index in [1.165, 1.54) is 0 Å². The third-order valence-electron chi connectivity index (χ3n) is 5.09. The lowest BCUT2D eigenvalue weighted by atomic mass is 10.1. The number of carbonyl (C=O) groups is 1. The smallest absolute Gasteiger partial charge is 0.412 e. The minimum atomic E-state index is -0.670.